The van der Waals surface area contributed by atoms with Gasteiger partial charge in [0.15, 0.2) is 0 Å². The minimum atomic E-state index is -0.916. The van der Waals surface area contributed by atoms with Crippen molar-refractivity contribution in [3.63, 3.8) is 0 Å². The Balaban J connectivity index is 5.96. The van der Waals surface area contributed by atoms with Crippen molar-refractivity contribution in [2.45, 2.75) is 131 Å². The van der Waals surface area contributed by atoms with Crippen molar-refractivity contribution >= 4 is 0 Å². The minimum Gasteiger partial charge on any atom is -0.327 e. The summed E-state index contributed by atoms with van der Waals surface area (Å²) in [4.78, 5) is 0. The first-order valence-electron chi connectivity index (χ1n) is 12.5. The molecule has 3 heteroatoms. The number of rotatable bonds is 20. The van der Waals surface area contributed by atoms with Crippen LogP contribution in [0.1, 0.15) is 126 Å². The lowest BCUT2D eigenvalue weighted by atomic mass is 9.63. The van der Waals surface area contributed by atoms with Crippen LogP contribution in [-0.4, -0.2) is 25.8 Å². The molecule has 0 bridgehead atoms. The van der Waals surface area contributed by atoms with Crippen LogP contribution in [0, 0.1) is 11.3 Å². The summed E-state index contributed by atoms with van der Waals surface area (Å²) in [6.07, 6.45) is 14.8. The van der Waals surface area contributed by atoms with Crippen LogP contribution in [-0.2, 0) is 14.2 Å². The normalized spacial score (nSPS) is 13.8. The summed E-state index contributed by atoms with van der Waals surface area (Å²) in [5.74, 6) is -0.343. The molecule has 0 aliphatic rings. The Hall–Kier alpha value is -0.120. The Morgan fingerprint density at radius 2 is 1.04 bits per heavy atom. The van der Waals surface area contributed by atoms with Crippen LogP contribution >= 0.6 is 0 Å². The highest BCUT2D eigenvalue weighted by atomic mass is 16.9. The predicted molar refractivity (Wildman–Crippen MR) is 122 cm³/mol. The average Bonchev–Trinajstić information content (AvgIpc) is 2.67. The molecule has 1 unspecified atom stereocenters. The van der Waals surface area contributed by atoms with E-state index >= 15 is 0 Å². The zero-order chi connectivity index (χ0) is 21.3. The van der Waals surface area contributed by atoms with Crippen LogP contribution in [0.25, 0.3) is 0 Å². The average molecular weight is 401 g/mol. The van der Waals surface area contributed by atoms with Gasteiger partial charge in [-0.15, -0.1) is 0 Å². The SMILES string of the molecule is CCCCCCCC(CCC)C(CCC)(CCC)C(OCC)(OCC)OCC. The van der Waals surface area contributed by atoms with Crippen molar-refractivity contribution in [2.75, 3.05) is 19.8 Å². The van der Waals surface area contributed by atoms with Gasteiger partial charge >= 0.3 is 0 Å². The van der Waals surface area contributed by atoms with Crippen LogP contribution in [0.5, 0.6) is 0 Å². The Labute approximate surface area is 177 Å². The highest BCUT2D eigenvalue weighted by Gasteiger charge is 2.57. The molecule has 28 heavy (non-hydrogen) atoms. The molecule has 0 saturated heterocycles. The van der Waals surface area contributed by atoms with E-state index < -0.39 is 5.97 Å². The number of ether oxygens (including phenoxy) is 3. The summed E-state index contributed by atoms with van der Waals surface area (Å²) in [6.45, 7) is 17.2. The fraction of sp³-hybridized carbons (Fsp3) is 1.00. The fourth-order valence-corrected chi connectivity index (χ4v) is 5.15. The first-order chi connectivity index (χ1) is 13.6. The predicted octanol–water partition coefficient (Wildman–Crippen LogP) is 8.11. The number of hydrogen-bond donors (Lipinski definition) is 0. The highest BCUT2D eigenvalue weighted by Crippen LogP contribution is 2.53. The second-order valence-electron chi connectivity index (χ2n) is 8.20. The van der Waals surface area contributed by atoms with Gasteiger partial charge in [-0.25, -0.2) is 0 Å². The third-order valence-corrected chi connectivity index (χ3v) is 6.08. The van der Waals surface area contributed by atoms with E-state index in [1.54, 1.807) is 0 Å². The van der Waals surface area contributed by atoms with Gasteiger partial charge in [0, 0.05) is 19.8 Å². The van der Waals surface area contributed by atoms with Gasteiger partial charge in [0.1, 0.15) is 0 Å². The van der Waals surface area contributed by atoms with Crippen molar-refractivity contribution < 1.29 is 14.2 Å². The molecule has 170 valence electrons. The number of unbranched alkanes of at least 4 members (excludes halogenated alkanes) is 4. The van der Waals surface area contributed by atoms with E-state index in [0.29, 0.717) is 25.7 Å². The van der Waals surface area contributed by atoms with Crippen LogP contribution in [0.15, 0.2) is 0 Å². The van der Waals surface area contributed by atoms with Crippen LogP contribution in [0.4, 0.5) is 0 Å². The molecule has 0 aromatic carbocycles. The van der Waals surface area contributed by atoms with Gasteiger partial charge in [-0.3, -0.25) is 0 Å². The van der Waals surface area contributed by atoms with Gasteiger partial charge in [0.25, 0.3) is 5.97 Å². The molecule has 0 amide bonds. The lowest BCUT2D eigenvalue weighted by Gasteiger charge is -2.53. The molecule has 0 rings (SSSR count). The van der Waals surface area contributed by atoms with Gasteiger partial charge in [-0.1, -0.05) is 79.1 Å². The van der Waals surface area contributed by atoms with Gasteiger partial charge < -0.3 is 14.2 Å². The Morgan fingerprint density at radius 1 is 0.536 bits per heavy atom. The smallest absolute Gasteiger partial charge is 0.289 e. The van der Waals surface area contributed by atoms with Crippen molar-refractivity contribution in [1.29, 1.82) is 0 Å². The molecule has 0 aromatic rings. The monoisotopic (exact) mass is 400 g/mol. The van der Waals surface area contributed by atoms with Crippen LogP contribution < -0.4 is 0 Å². The van der Waals surface area contributed by atoms with E-state index in [0.717, 1.165) is 25.7 Å². The molecular weight excluding hydrogens is 348 g/mol. The van der Waals surface area contributed by atoms with Crippen LogP contribution in [0.3, 0.4) is 0 Å². The first kappa shape index (κ1) is 27.9. The maximum Gasteiger partial charge on any atom is 0.289 e. The Morgan fingerprint density at radius 3 is 1.43 bits per heavy atom. The summed E-state index contributed by atoms with van der Waals surface area (Å²) in [5.41, 5.74) is -0.0840. The van der Waals surface area contributed by atoms with Gasteiger partial charge in [0.2, 0.25) is 0 Å². The zero-order valence-corrected chi connectivity index (χ0v) is 20.4. The van der Waals surface area contributed by atoms with Gasteiger partial charge in [-0.2, -0.15) is 0 Å². The topological polar surface area (TPSA) is 27.7 Å². The standard InChI is InChI=1S/C25H52O3/c1-8-15-16-17-18-20-23(19-9-2)24(21-10-3,22-11-4)25(26-12-5,27-13-6)28-14-7/h23H,8-22H2,1-7H3. The molecule has 0 saturated carbocycles. The van der Waals surface area contributed by atoms with Crippen LogP contribution in [0.2, 0.25) is 0 Å². The molecule has 0 radical (unpaired) electrons. The molecule has 0 aliphatic carbocycles. The molecular formula is C25H52O3. The summed E-state index contributed by atoms with van der Waals surface area (Å²) >= 11 is 0. The molecule has 0 spiro atoms. The molecule has 3 nitrogen and oxygen atoms in total. The van der Waals surface area contributed by atoms with E-state index in [-0.39, 0.29) is 5.41 Å². The zero-order valence-electron chi connectivity index (χ0n) is 20.4. The molecule has 0 N–H and O–H groups in total. The van der Waals surface area contributed by atoms with Gasteiger partial charge in [0.05, 0.1) is 5.41 Å². The Bertz CT molecular complexity index is 320. The van der Waals surface area contributed by atoms with Crippen molar-refractivity contribution in [2.24, 2.45) is 11.3 Å². The van der Waals surface area contributed by atoms with E-state index in [1.807, 2.05) is 0 Å². The third-order valence-electron chi connectivity index (χ3n) is 6.08. The van der Waals surface area contributed by atoms with Crippen molar-refractivity contribution in [3.8, 4) is 0 Å². The molecule has 0 aliphatic heterocycles. The second-order valence-corrected chi connectivity index (χ2v) is 8.20. The van der Waals surface area contributed by atoms with E-state index in [1.165, 1.54) is 51.4 Å². The van der Waals surface area contributed by atoms with E-state index in [4.69, 9.17) is 14.2 Å². The van der Waals surface area contributed by atoms with E-state index in [9.17, 15) is 0 Å². The lowest BCUT2D eigenvalue weighted by molar-refractivity contribution is -0.439. The Kier molecular flexibility index (Phi) is 16.6. The molecule has 1 atom stereocenters. The minimum absolute atomic E-state index is 0.0840. The maximum atomic E-state index is 6.41. The summed E-state index contributed by atoms with van der Waals surface area (Å²) < 4.78 is 19.2. The maximum absolute atomic E-state index is 6.41. The largest absolute Gasteiger partial charge is 0.327 e. The fourth-order valence-electron chi connectivity index (χ4n) is 5.15. The molecule has 0 heterocycles. The summed E-state index contributed by atoms with van der Waals surface area (Å²) in [6, 6.07) is 0. The van der Waals surface area contributed by atoms with Gasteiger partial charge in [-0.05, 0) is 52.4 Å². The van der Waals surface area contributed by atoms with Crippen molar-refractivity contribution in [3.05, 3.63) is 0 Å². The third kappa shape index (κ3) is 7.95. The highest BCUT2D eigenvalue weighted by molar-refractivity contribution is 4.94. The number of hydrogen-bond acceptors (Lipinski definition) is 3. The first-order valence-corrected chi connectivity index (χ1v) is 12.5. The van der Waals surface area contributed by atoms with Crippen molar-refractivity contribution in [1.82, 2.24) is 0 Å². The molecule has 0 aromatic heterocycles. The summed E-state index contributed by atoms with van der Waals surface area (Å²) in [5, 5.41) is 0. The lowest BCUT2D eigenvalue weighted by Crippen LogP contribution is -2.58. The summed E-state index contributed by atoms with van der Waals surface area (Å²) in [7, 11) is 0. The second kappa shape index (κ2) is 16.7. The van der Waals surface area contributed by atoms with E-state index in [2.05, 4.69) is 48.5 Å². The quantitative estimate of drug-likeness (QED) is 0.152. The molecule has 0 fully saturated rings.